The summed E-state index contributed by atoms with van der Waals surface area (Å²) in [6.07, 6.45) is 1.64. The zero-order valence-electron chi connectivity index (χ0n) is 8.24. The number of rotatable bonds is 3. The Labute approximate surface area is 82.5 Å². The summed E-state index contributed by atoms with van der Waals surface area (Å²) in [7, 11) is 0. The van der Waals surface area contributed by atoms with Gasteiger partial charge in [-0.05, 0) is 19.4 Å². The summed E-state index contributed by atoms with van der Waals surface area (Å²) in [6, 6.07) is 1.22. The van der Waals surface area contributed by atoms with Crippen LogP contribution in [0.15, 0.2) is 12.3 Å². The van der Waals surface area contributed by atoms with Crippen molar-refractivity contribution in [1.82, 2.24) is 4.98 Å². The number of aromatic nitrogens is 1. The summed E-state index contributed by atoms with van der Waals surface area (Å²) in [5, 5.41) is 2.84. The van der Waals surface area contributed by atoms with Gasteiger partial charge in [-0.1, -0.05) is 0 Å². The Hall–Kier alpha value is -1.78. The van der Waals surface area contributed by atoms with Gasteiger partial charge in [-0.2, -0.15) is 0 Å². The van der Waals surface area contributed by atoms with Crippen LogP contribution in [-0.4, -0.2) is 16.9 Å². The average molecular weight is 194 g/mol. The van der Waals surface area contributed by atoms with E-state index >= 15 is 0 Å². The molecular formula is C9H14N4O. The standard InChI is InChI=1S/C9H14N4O/c1-5-4-12-8(3-7(5)10)13-6(2)9(11)14/h3-4,6H,1-2H3,(H2,11,14)(H3,10,12,13). The third-order valence-electron chi connectivity index (χ3n) is 1.94. The quantitative estimate of drug-likeness (QED) is 0.643. The van der Waals surface area contributed by atoms with E-state index in [0.717, 1.165) is 5.56 Å². The number of nitrogens with one attached hydrogen (secondary N) is 1. The topological polar surface area (TPSA) is 94.0 Å². The lowest BCUT2D eigenvalue weighted by Gasteiger charge is -2.11. The highest BCUT2D eigenvalue weighted by atomic mass is 16.1. The van der Waals surface area contributed by atoms with E-state index in [1.54, 1.807) is 19.2 Å². The van der Waals surface area contributed by atoms with Crippen molar-refractivity contribution in [3.8, 4) is 0 Å². The smallest absolute Gasteiger partial charge is 0.239 e. The van der Waals surface area contributed by atoms with Crippen LogP contribution in [0.3, 0.4) is 0 Å². The highest BCUT2D eigenvalue weighted by Gasteiger charge is 2.08. The first-order valence-corrected chi connectivity index (χ1v) is 4.28. The van der Waals surface area contributed by atoms with Gasteiger partial charge in [-0.15, -0.1) is 0 Å². The van der Waals surface area contributed by atoms with Crippen molar-refractivity contribution in [2.45, 2.75) is 19.9 Å². The molecule has 1 rings (SSSR count). The fourth-order valence-electron chi connectivity index (χ4n) is 0.911. The predicted molar refractivity (Wildman–Crippen MR) is 55.7 cm³/mol. The molecule has 0 spiro atoms. The van der Waals surface area contributed by atoms with E-state index in [0.29, 0.717) is 11.5 Å². The molecule has 1 aromatic rings. The number of nitrogens with zero attached hydrogens (tertiary/aromatic N) is 1. The van der Waals surface area contributed by atoms with Crippen LogP contribution in [0.4, 0.5) is 11.5 Å². The minimum Gasteiger partial charge on any atom is -0.398 e. The van der Waals surface area contributed by atoms with E-state index < -0.39 is 11.9 Å². The number of hydrogen-bond donors (Lipinski definition) is 3. The van der Waals surface area contributed by atoms with Gasteiger partial charge in [0, 0.05) is 18.0 Å². The lowest BCUT2D eigenvalue weighted by atomic mass is 10.2. The highest BCUT2D eigenvalue weighted by molar-refractivity contribution is 5.82. The summed E-state index contributed by atoms with van der Waals surface area (Å²) in [6.45, 7) is 3.53. The molecule has 0 saturated carbocycles. The number of primary amides is 1. The molecule has 1 atom stereocenters. The van der Waals surface area contributed by atoms with Crippen LogP contribution in [0.2, 0.25) is 0 Å². The van der Waals surface area contributed by atoms with E-state index in [1.165, 1.54) is 0 Å². The van der Waals surface area contributed by atoms with Crippen LogP contribution >= 0.6 is 0 Å². The number of hydrogen-bond acceptors (Lipinski definition) is 4. The molecule has 1 heterocycles. The third-order valence-corrected chi connectivity index (χ3v) is 1.94. The minimum atomic E-state index is -0.454. The molecule has 0 bridgehead atoms. The SMILES string of the molecule is Cc1cnc(NC(C)C(N)=O)cc1N. The monoisotopic (exact) mass is 194 g/mol. The van der Waals surface area contributed by atoms with Gasteiger partial charge < -0.3 is 16.8 Å². The van der Waals surface area contributed by atoms with Gasteiger partial charge in [0.1, 0.15) is 11.9 Å². The Balaban J connectivity index is 2.78. The summed E-state index contributed by atoms with van der Waals surface area (Å²) in [5.41, 5.74) is 12.3. The second-order valence-corrected chi connectivity index (χ2v) is 3.19. The van der Waals surface area contributed by atoms with E-state index in [4.69, 9.17) is 11.5 Å². The number of carbonyl (C=O) groups excluding carboxylic acids is 1. The number of amides is 1. The molecular weight excluding hydrogens is 180 g/mol. The zero-order chi connectivity index (χ0) is 10.7. The molecule has 14 heavy (non-hydrogen) atoms. The largest absolute Gasteiger partial charge is 0.398 e. The Morgan fingerprint density at radius 3 is 2.79 bits per heavy atom. The Bertz CT molecular complexity index is 351. The van der Waals surface area contributed by atoms with Crippen LogP contribution < -0.4 is 16.8 Å². The van der Waals surface area contributed by atoms with Crippen molar-refractivity contribution in [1.29, 1.82) is 0 Å². The molecule has 0 saturated heterocycles. The lowest BCUT2D eigenvalue weighted by molar-refractivity contribution is -0.118. The van der Waals surface area contributed by atoms with Gasteiger partial charge in [0.2, 0.25) is 5.91 Å². The Kier molecular flexibility index (Phi) is 2.91. The first kappa shape index (κ1) is 10.3. The molecule has 5 N–H and O–H groups in total. The van der Waals surface area contributed by atoms with E-state index in [-0.39, 0.29) is 0 Å². The minimum absolute atomic E-state index is 0.425. The number of anilines is 2. The van der Waals surface area contributed by atoms with Crippen LogP contribution in [-0.2, 0) is 4.79 Å². The fourth-order valence-corrected chi connectivity index (χ4v) is 0.911. The predicted octanol–water partition coefficient (Wildman–Crippen LogP) is 0.258. The van der Waals surface area contributed by atoms with Gasteiger partial charge in [0.25, 0.3) is 0 Å². The Morgan fingerprint density at radius 1 is 1.64 bits per heavy atom. The van der Waals surface area contributed by atoms with Gasteiger partial charge in [0.15, 0.2) is 0 Å². The molecule has 0 aliphatic carbocycles. The first-order valence-electron chi connectivity index (χ1n) is 4.28. The molecule has 0 radical (unpaired) electrons. The molecule has 5 nitrogen and oxygen atoms in total. The average Bonchev–Trinajstić information content (AvgIpc) is 2.11. The second kappa shape index (κ2) is 3.95. The zero-order valence-corrected chi connectivity index (χ0v) is 8.24. The van der Waals surface area contributed by atoms with Gasteiger partial charge in [-0.3, -0.25) is 4.79 Å². The van der Waals surface area contributed by atoms with Gasteiger partial charge in [-0.25, -0.2) is 4.98 Å². The van der Waals surface area contributed by atoms with Crippen molar-refractivity contribution in [3.05, 3.63) is 17.8 Å². The normalized spacial score (nSPS) is 12.1. The summed E-state index contributed by atoms with van der Waals surface area (Å²) >= 11 is 0. The molecule has 5 heteroatoms. The van der Waals surface area contributed by atoms with Gasteiger partial charge >= 0.3 is 0 Å². The van der Waals surface area contributed by atoms with E-state index in [2.05, 4.69) is 10.3 Å². The Morgan fingerprint density at radius 2 is 2.29 bits per heavy atom. The molecule has 0 aliphatic rings. The maximum atomic E-state index is 10.8. The number of aryl methyl sites for hydroxylation is 1. The molecule has 0 fully saturated rings. The number of pyridine rings is 1. The van der Waals surface area contributed by atoms with E-state index in [9.17, 15) is 4.79 Å². The van der Waals surface area contributed by atoms with Crippen LogP contribution in [0.1, 0.15) is 12.5 Å². The molecule has 1 amide bonds. The summed E-state index contributed by atoms with van der Waals surface area (Å²) in [5.74, 6) is 0.130. The van der Waals surface area contributed by atoms with Gasteiger partial charge in [0.05, 0.1) is 0 Å². The van der Waals surface area contributed by atoms with Crippen LogP contribution in [0.5, 0.6) is 0 Å². The molecule has 0 aromatic carbocycles. The molecule has 1 unspecified atom stereocenters. The number of carbonyl (C=O) groups is 1. The summed E-state index contributed by atoms with van der Waals surface area (Å²) < 4.78 is 0. The van der Waals surface area contributed by atoms with Crippen LogP contribution in [0.25, 0.3) is 0 Å². The first-order chi connectivity index (χ1) is 6.50. The van der Waals surface area contributed by atoms with Crippen molar-refractivity contribution in [2.24, 2.45) is 5.73 Å². The van der Waals surface area contributed by atoms with E-state index in [1.807, 2.05) is 6.92 Å². The lowest BCUT2D eigenvalue weighted by Crippen LogP contribution is -2.32. The number of nitrogen functional groups attached to an aromatic ring is 1. The van der Waals surface area contributed by atoms with Crippen molar-refractivity contribution in [3.63, 3.8) is 0 Å². The fraction of sp³-hybridized carbons (Fsp3) is 0.333. The van der Waals surface area contributed by atoms with Crippen molar-refractivity contribution < 1.29 is 4.79 Å². The maximum Gasteiger partial charge on any atom is 0.239 e. The van der Waals surface area contributed by atoms with Crippen LogP contribution in [0, 0.1) is 6.92 Å². The maximum absolute atomic E-state index is 10.8. The molecule has 1 aromatic heterocycles. The second-order valence-electron chi connectivity index (χ2n) is 3.19. The summed E-state index contributed by atoms with van der Waals surface area (Å²) in [4.78, 5) is 14.8. The number of nitrogens with two attached hydrogens (primary N) is 2. The highest BCUT2D eigenvalue weighted by Crippen LogP contribution is 2.13. The third kappa shape index (κ3) is 2.35. The molecule has 0 aliphatic heterocycles. The van der Waals surface area contributed by atoms with Crippen molar-refractivity contribution >= 4 is 17.4 Å². The molecule has 76 valence electrons. The van der Waals surface area contributed by atoms with Crippen molar-refractivity contribution in [2.75, 3.05) is 11.1 Å².